The molecule has 90 valence electrons. The zero-order valence-corrected chi connectivity index (χ0v) is 9.87. The van der Waals surface area contributed by atoms with E-state index in [1.54, 1.807) is 12.4 Å². The van der Waals surface area contributed by atoms with Gasteiger partial charge >= 0.3 is 0 Å². The van der Waals surface area contributed by atoms with Gasteiger partial charge in [0.1, 0.15) is 0 Å². The van der Waals surface area contributed by atoms with Crippen LogP contribution < -0.4 is 0 Å². The van der Waals surface area contributed by atoms with E-state index in [0.29, 0.717) is 18.1 Å². The Balaban J connectivity index is 2.22. The molecule has 17 heavy (non-hydrogen) atoms. The Hall–Kier alpha value is -1.75. The lowest BCUT2D eigenvalue weighted by Gasteiger charge is -2.11. The Morgan fingerprint density at radius 1 is 1.35 bits per heavy atom. The molecule has 0 aromatic carbocycles. The number of aromatic nitrogens is 3. The average molecular weight is 233 g/mol. The second kappa shape index (κ2) is 5.05. The van der Waals surface area contributed by atoms with E-state index in [1.165, 1.54) is 0 Å². The van der Waals surface area contributed by atoms with Crippen LogP contribution in [0.25, 0.3) is 11.4 Å². The van der Waals surface area contributed by atoms with Crippen LogP contribution in [0.2, 0.25) is 0 Å². The third-order valence-electron chi connectivity index (χ3n) is 2.77. The van der Waals surface area contributed by atoms with Gasteiger partial charge in [-0.2, -0.15) is 4.98 Å². The van der Waals surface area contributed by atoms with Gasteiger partial charge in [-0.05, 0) is 18.6 Å². The summed E-state index contributed by atoms with van der Waals surface area (Å²) in [4.78, 5) is 8.21. The molecular weight excluding hydrogens is 218 g/mol. The molecule has 0 amide bonds. The second-order valence-corrected chi connectivity index (χ2v) is 3.96. The predicted octanol–water partition coefficient (Wildman–Crippen LogP) is 2.01. The normalized spacial score (nSPS) is 14.5. The van der Waals surface area contributed by atoms with Gasteiger partial charge in [-0.25, -0.2) is 0 Å². The minimum Gasteiger partial charge on any atom is -0.392 e. The van der Waals surface area contributed by atoms with Gasteiger partial charge < -0.3 is 9.63 Å². The number of aliphatic hydroxyl groups is 1. The topological polar surface area (TPSA) is 72.0 Å². The molecular formula is C12H15N3O2. The highest BCUT2D eigenvalue weighted by Gasteiger charge is 2.21. The van der Waals surface area contributed by atoms with Gasteiger partial charge in [0.2, 0.25) is 11.7 Å². The van der Waals surface area contributed by atoms with E-state index in [4.69, 9.17) is 4.52 Å². The van der Waals surface area contributed by atoms with Gasteiger partial charge in [0.05, 0.1) is 12.0 Å². The third kappa shape index (κ3) is 2.50. The smallest absolute Gasteiger partial charge is 0.232 e. The monoisotopic (exact) mass is 233 g/mol. The summed E-state index contributed by atoms with van der Waals surface area (Å²) in [6.07, 6.45) is 3.56. The number of nitrogens with zero attached hydrogens (tertiary/aromatic N) is 3. The van der Waals surface area contributed by atoms with Crippen LogP contribution in [0, 0.1) is 0 Å². The van der Waals surface area contributed by atoms with Crippen molar-refractivity contribution in [1.29, 1.82) is 0 Å². The predicted molar refractivity (Wildman–Crippen MR) is 62.2 cm³/mol. The van der Waals surface area contributed by atoms with Gasteiger partial charge in [-0.15, -0.1) is 0 Å². The molecule has 0 aliphatic rings. The Labute approximate surface area is 99.5 Å². The van der Waals surface area contributed by atoms with Crippen LogP contribution in [-0.4, -0.2) is 26.3 Å². The number of pyridine rings is 1. The van der Waals surface area contributed by atoms with Crippen LogP contribution in [0.1, 0.15) is 32.1 Å². The minimum absolute atomic E-state index is 0.150. The Morgan fingerprint density at radius 2 is 2.06 bits per heavy atom. The molecule has 0 saturated carbocycles. The molecule has 1 N–H and O–H groups in total. The van der Waals surface area contributed by atoms with Crippen LogP contribution in [0.3, 0.4) is 0 Å². The van der Waals surface area contributed by atoms with Crippen molar-refractivity contribution in [2.75, 3.05) is 0 Å². The molecule has 2 rings (SSSR count). The van der Waals surface area contributed by atoms with Crippen molar-refractivity contribution in [2.45, 2.75) is 32.3 Å². The van der Waals surface area contributed by atoms with Gasteiger partial charge in [0.15, 0.2) is 0 Å². The quantitative estimate of drug-likeness (QED) is 0.874. The standard InChI is InChI=1S/C12H15N3O2/c1-3-10(16)8(2)12-14-11(15-17-12)9-4-6-13-7-5-9/h4-8,10,16H,3H2,1-2H3. The summed E-state index contributed by atoms with van der Waals surface area (Å²) in [5, 5.41) is 13.6. The Bertz CT molecular complexity index is 470. The maximum absolute atomic E-state index is 9.72. The van der Waals surface area contributed by atoms with Crippen LogP contribution in [0.4, 0.5) is 0 Å². The molecule has 0 fully saturated rings. The first-order valence-corrected chi connectivity index (χ1v) is 5.64. The zero-order chi connectivity index (χ0) is 12.3. The molecule has 0 radical (unpaired) electrons. The molecule has 2 aromatic rings. The molecule has 2 heterocycles. The lowest BCUT2D eigenvalue weighted by molar-refractivity contribution is 0.129. The highest BCUT2D eigenvalue weighted by molar-refractivity contribution is 5.52. The van der Waals surface area contributed by atoms with Crippen molar-refractivity contribution in [2.24, 2.45) is 0 Å². The largest absolute Gasteiger partial charge is 0.392 e. The summed E-state index contributed by atoms with van der Waals surface area (Å²) in [5.41, 5.74) is 0.855. The molecule has 0 saturated heterocycles. The van der Waals surface area contributed by atoms with Gasteiger partial charge in [0, 0.05) is 18.0 Å². The molecule has 2 aromatic heterocycles. The third-order valence-corrected chi connectivity index (χ3v) is 2.77. The number of hydrogen-bond donors (Lipinski definition) is 1. The van der Waals surface area contributed by atoms with Crippen molar-refractivity contribution >= 4 is 0 Å². The molecule has 2 unspecified atom stereocenters. The lowest BCUT2D eigenvalue weighted by Crippen LogP contribution is -2.14. The fraction of sp³-hybridized carbons (Fsp3) is 0.417. The van der Waals surface area contributed by atoms with E-state index in [0.717, 1.165) is 5.56 Å². The zero-order valence-electron chi connectivity index (χ0n) is 9.87. The lowest BCUT2D eigenvalue weighted by atomic mass is 10.0. The highest BCUT2D eigenvalue weighted by atomic mass is 16.5. The minimum atomic E-state index is -0.458. The van der Waals surface area contributed by atoms with Gasteiger partial charge in [-0.3, -0.25) is 4.98 Å². The first kappa shape index (κ1) is 11.7. The summed E-state index contributed by atoms with van der Waals surface area (Å²) in [6, 6.07) is 3.63. The van der Waals surface area contributed by atoms with Crippen molar-refractivity contribution in [3.63, 3.8) is 0 Å². The summed E-state index contributed by atoms with van der Waals surface area (Å²) in [6.45, 7) is 3.79. The van der Waals surface area contributed by atoms with Crippen molar-refractivity contribution < 1.29 is 9.63 Å². The SMILES string of the molecule is CCC(O)C(C)c1nc(-c2ccncc2)no1. The molecule has 2 atom stereocenters. The van der Waals surface area contributed by atoms with E-state index in [-0.39, 0.29) is 5.92 Å². The highest BCUT2D eigenvalue weighted by Crippen LogP contribution is 2.22. The van der Waals surface area contributed by atoms with Crippen LogP contribution in [-0.2, 0) is 0 Å². The van der Waals surface area contributed by atoms with Crippen molar-refractivity contribution in [1.82, 2.24) is 15.1 Å². The van der Waals surface area contributed by atoms with Crippen LogP contribution in [0.15, 0.2) is 29.0 Å². The van der Waals surface area contributed by atoms with E-state index >= 15 is 0 Å². The molecule has 5 heteroatoms. The number of rotatable bonds is 4. The summed E-state index contributed by atoms with van der Waals surface area (Å²) >= 11 is 0. The average Bonchev–Trinajstić information content (AvgIpc) is 2.87. The summed E-state index contributed by atoms with van der Waals surface area (Å²) < 4.78 is 5.16. The van der Waals surface area contributed by atoms with E-state index in [2.05, 4.69) is 15.1 Å². The van der Waals surface area contributed by atoms with Crippen LogP contribution in [0.5, 0.6) is 0 Å². The second-order valence-electron chi connectivity index (χ2n) is 3.96. The first-order chi connectivity index (χ1) is 8.22. The molecule has 5 nitrogen and oxygen atoms in total. The molecule has 0 aliphatic carbocycles. The number of hydrogen-bond acceptors (Lipinski definition) is 5. The van der Waals surface area contributed by atoms with Crippen molar-refractivity contribution in [3.8, 4) is 11.4 Å². The summed E-state index contributed by atoms with van der Waals surface area (Å²) in [7, 11) is 0. The van der Waals surface area contributed by atoms with Crippen LogP contribution >= 0.6 is 0 Å². The van der Waals surface area contributed by atoms with E-state index < -0.39 is 6.10 Å². The fourth-order valence-corrected chi connectivity index (χ4v) is 1.56. The number of aliphatic hydroxyl groups excluding tert-OH is 1. The maximum Gasteiger partial charge on any atom is 0.232 e. The molecule has 0 spiro atoms. The Kier molecular flexibility index (Phi) is 3.49. The van der Waals surface area contributed by atoms with E-state index in [1.807, 2.05) is 26.0 Å². The maximum atomic E-state index is 9.72. The fourth-order valence-electron chi connectivity index (χ4n) is 1.56. The van der Waals surface area contributed by atoms with Crippen molar-refractivity contribution in [3.05, 3.63) is 30.4 Å². The summed E-state index contributed by atoms with van der Waals surface area (Å²) in [5.74, 6) is 0.840. The van der Waals surface area contributed by atoms with E-state index in [9.17, 15) is 5.11 Å². The molecule has 0 aliphatic heterocycles. The molecule has 0 bridgehead atoms. The van der Waals surface area contributed by atoms with Gasteiger partial charge in [0.25, 0.3) is 0 Å². The first-order valence-electron chi connectivity index (χ1n) is 5.64. The van der Waals surface area contributed by atoms with Gasteiger partial charge in [-0.1, -0.05) is 19.0 Å². The Morgan fingerprint density at radius 3 is 2.71 bits per heavy atom.